The van der Waals surface area contributed by atoms with Gasteiger partial charge in [-0.1, -0.05) is 111 Å². The first-order valence-corrected chi connectivity index (χ1v) is 32.8. The molecule has 0 fully saturated rings. The molecule has 2 N–H and O–H groups in total. The van der Waals surface area contributed by atoms with Gasteiger partial charge in [0.05, 0.1) is 96.7 Å². The zero-order valence-electron chi connectivity index (χ0n) is 55.5. The summed E-state index contributed by atoms with van der Waals surface area (Å²) in [6.07, 6.45) is 6.66. The first-order valence-electron chi connectivity index (χ1n) is 32.8. The number of rotatable bonds is 32. The van der Waals surface area contributed by atoms with Crippen molar-refractivity contribution >= 4 is 44.1 Å². The Morgan fingerprint density at radius 1 is 0.239 bits per heavy atom. The number of H-pyrrole nitrogens is 2. The van der Waals surface area contributed by atoms with E-state index in [1.807, 2.05) is 48.5 Å². The Morgan fingerprint density at radius 3 is 0.568 bits per heavy atom. The Morgan fingerprint density at radius 2 is 0.398 bits per heavy atom. The number of nitrogens with one attached hydrogen (secondary N) is 2. The van der Waals surface area contributed by atoms with Crippen LogP contribution in [0.2, 0.25) is 0 Å². The van der Waals surface area contributed by atoms with Gasteiger partial charge in [-0.25, -0.2) is 29.9 Å². The molecule has 0 saturated carbocycles. The van der Waals surface area contributed by atoms with Crippen LogP contribution in [0.25, 0.3) is 89.7 Å². The first-order chi connectivity index (χ1) is 42.2. The maximum atomic E-state index is 6.84. The van der Waals surface area contributed by atoms with E-state index in [2.05, 4.69) is 121 Å². The van der Waals surface area contributed by atoms with Crippen molar-refractivity contribution in [2.24, 2.45) is 47.3 Å². The number of nitrogens with zero attached hydrogens (tertiary/aromatic N) is 6. The van der Waals surface area contributed by atoms with Gasteiger partial charge in [-0.15, -0.1) is 0 Å². The van der Waals surface area contributed by atoms with Gasteiger partial charge in [0.25, 0.3) is 0 Å². The van der Waals surface area contributed by atoms with E-state index in [0.717, 1.165) is 51.4 Å². The summed E-state index contributed by atoms with van der Waals surface area (Å²) in [4.78, 5) is 41.0. The zero-order valence-corrected chi connectivity index (χ0v) is 55.5. The van der Waals surface area contributed by atoms with Gasteiger partial charge in [0, 0.05) is 0 Å². The Labute approximate surface area is 522 Å². The lowest BCUT2D eigenvalue weighted by molar-refractivity contribution is 0.284. The van der Waals surface area contributed by atoms with Crippen LogP contribution in [0.1, 0.15) is 162 Å². The molecule has 8 bridgehead atoms. The fraction of sp³-hybridized carbons (Fsp3) is 0.556. The second-order valence-electron chi connectivity index (χ2n) is 27.1. The molecule has 5 heterocycles. The van der Waals surface area contributed by atoms with Crippen molar-refractivity contribution in [2.75, 3.05) is 52.9 Å². The van der Waals surface area contributed by atoms with E-state index in [1.54, 1.807) is 0 Å². The first kappa shape index (κ1) is 65.1. The summed E-state index contributed by atoms with van der Waals surface area (Å²) in [5.74, 6) is 9.51. The predicted octanol–water partition coefficient (Wildman–Crippen LogP) is 18.3. The quantitative estimate of drug-likeness (QED) is 0.0406. The number of hydrogen-bond acceptors (Lipinski definition) is 14. The fourth-order valence-corrected chi connectivity index (χ4v) is 10.3. The summed E-state index contributed by atoms with van der Waals surface area (Å²) in [7, 11) is 0. The molecule has 0 amide bonds. The van der Waals surface area contributed by atoms with Gasteiger partial charge in [-0.3, -0.25) is 0 Å². The third-order valence-corrected chi connectivity index (χ3v) is 15.7. The van der Waals surface area contributed by atoms with E-state index < -0.39 is 0 Å². The topological polar surface area (TPSA) is 183 Å². The maximum Gasteiger partial charge on any atom is 0.168 e. The van der Waals surface area contributed by atoms with Crippen LogP contribution in [0.3, 0.4) is 0 Å². The van der Waals surface area contributed by atoms with Crippen molar-refractivity contribution in [1.29, 1.82) is 0 Å². The summed E-state index contributed by atoms with van der Waals surface area (Å²) in [5, 5.41) is 2.70. The molecule has 474 valence electrons. The molecule has 16 nitrogen and oxygen atoms in total. The van der Waals surface area contributed by atoms with Crippen molar-refractivity contribution < 1.29 is 37.9 Å². The molecular weight excluding hydrogens is 1100 g/mol. The summed E-state index contributed by atoms with van der Waals surface area (Å²) >= 11 is 0. The molecule has 0 radical (unpaired) electrons. The van der Waals surface area contributed by atoms with Crippen LogP contribution in [0.5, 0.6) is 46.0 Å². The second-order valence-corrected chi connectivity index (χ2v) is 27.1. The van der Waals surface area contributed by atoms with Crippen molar-refractivity contribution in [3.05, 3.63) is 48.5 Å². The molecule has 0 spiro atoms. The molecule has 2 aliphatic heterocycles. The summed E-state index contributed by atoms with van der Waals surface area (Å²) in [6.45, 7) is 38.9. The third kappa shape index (κ3) is 15.9. The monoisotopic (exact) mass is 1200 g/mol. The molecule has 16 heteroatoms. The molecule has 0 aliphatic carbocycles. The number of benzene rings is 4. The minimum atomic E-state index is 0.360. The Hall–Kier alpha value is -7.36. The van der Waals surface area contributed by atoms with Crippen LogP contribution < -0.4 is 37.9 Å². The van der Waals surface area contributed by atoms with Crippen LogP contribution in [0.4, 0.5) is 0 Å². The van der Waals surface area contributed by atoms with Gasteiger partial charge in [0.15, 0.2) is 23.3 Å². The minimum absolute atomic E-state index is 0.360. The van der Waals surface area contributed by atoms with Gasteiger partial charge in [0.2, 0.25) is 0 Å². The number of fused-ring (bicyclic) bond motifs is 20. The van der Waals surface area contributed by atoms with Crippen molar-refractivity contribution in [3.63, 3.8) is 0 Å². The number of ether oxygens (including phenoxy) is 8. The lowest BCUT2D eigenvalue weighted by atomic mass is 10.1. The Bertz CT molecular complexity index is 3210. The van der Waals surface area contributed by atoms with Crippen LogP contribution in [0.15, 0.2) is 48.5 Å². The van der Waals surface area contributed by atoms with Crippen LogP contribution in [-0.2, 0) is 0 Å². The average molecular weight is 1200 g/mol. The van der Waals surface area contributed by atoms with Gasteiger partial charge < -0.3 is 47.9 Å². The van der Waals surface area contributed by atoms with Crippen molar-refractivity contribution in [1.82, 2.24) is 39.9 Å². The molecule has 7 aromatic rings. The number of aromatic amines is 2. The highest BCUT2D eigenvalue weighted by molar-refractivity contribution is 6.13. The lowest BCUT2D eigenvalue weighted by Gasteiger charge is -2.16. The van der Waals surface area contributed by atoms with Crippen molar-refractivity contribution in [2.45, 2.75) is 162 Å². The molecule has 4 aromatic carbocycles. The summed E-state index contributed by atoms with van der Waals surface area (Å²) < 4.78 is 54.7. The average Bonchev–Trinajstić information content (AvgIpc) is 3.72. The normalized spacial score (nSPS) is 12.3. The standard InChI is InChI=1S/C72H98N8O8/c1-41(2)25-33-81-49-17-18-50(82-34-26-42(3)4)58-57(49)65-73-66(58)78-68-61-53(85-37-29-45(9)10)21-22-54(86-38-30-46(11)12)62(61)70(75-68)80-72-64-56(88-40-32-48(15)16)24-23-55(87-39-31-47(13)14)63(64)71(76-72)79-69-60-52(84-36-28-44(7)8)20-19-51(83-35-27-43(5)6)59(60)67(74-69)77-65/h17-24,41-48H,25-40H2,1-16H3,(H2,73,74,75,76,77,78,79,80). The SMILES string of the molecule is CC(C)CCOc1ccc(OCCC(C)C)c2c1-c1nc-2nc2[nH]c(nc3nc(nc4[nH]c(n1)c1c(OCCC(C)C)ccc(OCCC(C)C)c41)-c1c(OCCC(C)C)ccc(OCCC(C)C)c1-3)c1c(OCCC(C)C)ccc(OCCC(C)C)c21. The molecular formula is C72H98N8O8. The highest BCUT2D eigenvalue weighted by Gasteiger charge is 2.33. The lowest BCUT2D eigenvalue weighted by Crippen LogP contribution is -2.05. The van der Waals surface area contributed by atoms with Gasteiger partial charge in [-0.2, -0.15) is 0 Å². The minimum Gasteiger partial charge on any atom is -0.493 e. The van der Waals surface area contributed by atoms with E-state index in [4.69, 9.17) is 67.8 Å². The third-order valence-electron chi connectivity index (χ3n) is 15.7. The summed E-state index contributed by atoms with van der Waals surface area (Å²) in [5.41, 5.74) is 4.38. The zero-order chi connectivity index (χ0) is 62.8. The molecule has 3 aromatic heterocycles. The maximum absolute atomic E-state index is 6.84. The van der Waals surface area contributed by atoms with E-state index >= 15 is 0 Å². The second kappa shape index (κ2) is 29.8. The molecule has 0 saturated heterocycles. The number of hydrogen-bond donors (Lipinski definition) is 2. The molecule has 0 unspecified atom stereocenters. The molecule has 88 heavy (non-hydrogen) atoms. The van der Waals surface area contributed by atoms with Gasteiger partial charge in [0.1, 0.15) is 68.6 Å². The van der Waals surface area contributed by atoms with E-state index in [-0.39, 0.29) is 0 Å². The van der Waals surface area contributed by atoms with E-state index in [1.165, 1.54) is 0 Å². The summed E-state index contributed by atoms with van der Waals surface area (Å²) in [6, 6.07) is 15.8. The van der Waals surface area contributed by atoms with Crippen LogP contribution in [0, 0.1) is 47.3 Å². The predicted molar refractivity (Wildman–Crippen MR) is 356 cm³/mol. The molecule has 0 atom stereocenters. The number of aromatic nitrogens is 8. The van der Waals surface area contributed by atoms with Crippen molar-refractivity contribution in [3.8, 4) is 91.5 Å². The Balaban J connectivity index is 1.51. The van der Waals surface area contributed by atoms with Crippen LogP contribution in [-0.4, -0.2) is 92.7 Å². The van der Waals surface area contributed by atoms with Gasteiger partial charge >= 0.3 is 0 Å². The largest absolute Gasteiger partial charge is 0.493 e. The van der Waals surface area contributed by atoms with Gasteiger partial charge in [-0.05, 0) is 147 Å². The van der Waals surface area contributed by atoms with Crippen LogP contribution >= 0.6 is 0 Å². The molecule has 9 rings (SSSR count). The highest BCUT2D eigenvalue weighted by atomic mass is 16.5. The Kier molecular flexibility index (Phi) is 22.0. The highest BCUT2D eigenvalue weighted by Crippen LogP contribution is 2.50. The molecule has 2 aliphatic rings. The van der Waals surface area contributed by atoms with E-state index in [9.17, 15) is 0 Å². The fourth-order valence-electron chi connectivity index (χ4n) is 10.3. The smallest absolute Gasteiger partial charge is 0.168 e. The van der Waals surface area contributed by atoms with E-state index in [0.29, 0.717) is 236 Å².